The molecule has 1 amide bonds. The second kappa shape index (κ2) is 7.47. The van der Waals surface area contributed by atoms with Crippen molar-refractivity contribution in [2.24, 2.45) is 5.92 Å². The maximum atomic E-state index is 12.0. The molecule has 0 aliphatic rings. The SMILES string of the molecule is CC(C)CCNC(=O)c1ccnc(NCc2ccco2)c1. The van der Waals surface area contributed by atoms with Crippen LogP contribution in [0.3, 0.4) is 0 Å². The van der Waals surface area contributed by atoms with Gasteiger partial charge in [0.15, 0.2) is 0 Å². The molecule has 0 spiro atoms. The molecule has 5 nitrogen and oxygen atoms in total. The summed E-state index contributed by atoms with van der Waals surface area (Å²) in [4.78, 5) is 16.2. The minimum absolute atomic E-state index is 0.0703. The van der Waals surface area contributed by atoms with Gasteiger partial charge in [0.25, 0.3) is 5.91 Å². The van der Waals surface area contributed by atoms with Crippen LogP contribution in [0.2, 0.25) is 0 Å². The molecule has 2 N–H and O–H groups in total. The van der Waals surface area contributed by atoms with Crippen LogP contribution < -0.4 is 10.6 Å². The molecule has 0 aliphatic heterocycles. The summed E-state index contributed by atoms with van der Waals surface area (Å²) in [5.74, 6) is 1.99. The fraction of sp³-hybridized carbons (Fsp3) is 0.375. The average Bonchev–Trinajstić information content (AvgIpc) is 2.98. The van der Waals surface area contributed by atoms with E-state index in [1.165, 1.54) is 0 Å². The molecule has 0 radical (unpaired) electrons. The van der Waals surface area contributed by atoms with Gasteiger partial charge in [-0.1, -0.05) is 13.8 Å². The van der Waals surface area contributed by atoms with Gasteiger partial charge < -0.3 is 15.1 Å². The molecule has 0 bridgehead atoms. The molecule has 0 fully saturated rings. The highest BCUT2D eigenvalue weighted by molar-refractivity contribution is 5.94. The van der Waals surface area contributed by atoms with Gasteiger partial charge in [-0.05, 0) is 36.6 Å². The Labute approximate surface area is 124 Å². The molecular weight excluding hydrogens is 266 g/mol. The zero-order chi connectivity index (χ0) is 15.1. The van der Waals surface area contributed by atoms with E-state index < -0.39 is 0 Å². The van der Waals surface area contributed by atoms with Gasteiger partial charge in [-0.15, -0.1) is 0 Å². The van der Waals surface area contributed by atoms with Crippen molar-refractivity contribution < 1.29 is 9.21 Å². The first kappa shape index (κ1) is 15.1. The molecule has 2 aromatic rings. The zero-order valence-corrected chi connectivity index (χ0v) is 12.4. The first-order chi connectivity index (χ1) is 10.1. The number of aromatic nitrogens is 1. The topological polar surface area (TPSA) is 67.2 Å². The lowest BCUT2D eigenvalue weighted by molar-refractivity contribution is 0.0952. The lowest BCUT2D eigenvalue weighted by Crippen LogP contribution is -2.25. The molecule has 112 valence electrons. The van der Waals surface area contributed by atoms with Crippen LogP contribution in [-0.4, -0.2) is 17.4 Å². The molecule has 2 heterocycles. The predicted molar refractivity (Wildman–Crippen MR) is 82.1 cm³/mol. The maximum absolute atomic E-state index is 12.0. The van der Waals surface area contributed by atoms with Crippen molar-refractivity contribution in [1.82, 2.24) is 10.3 Å². The van der Waals surface area contributed by atoms with Crippen molar-refractivity contribution in [3.63, 3.8) is 0 Å². The number of amides is 1. The van der Waals surface area contributed by atoms with Gasteiger partial charge in [-0.25, -0.2) is 4.98 Å². The lowest BCUT2D eigenvalue weighted by atomic mass is 10.1. The Kier molecular flexibility index (Phi) is 5.37. The first-order valence-electron chi connectivity index (χ1n) is 7.15. The number of pyridine rings is 1. The molecular formula is C16H21N3O2. The van der Waals surface area contributed by atoms with E-state index in [2.05, 4.69) is 29.5 Å². The third-order valence-electron chi connectivity index (χ3n) is 3.05. The van der Waals surface area contributed by atoms with E-state index in [1.807, 2.05) is 12.1 Å². The molecule has 21 heavy (non-hydrogen) atoms. The highest BCUT2D eigenvalue weighted by atomic mass is 16.3. The van der Waals surface area contributed by atoms with Gasteiger partial charge in [0, 0.05) is 18.3 Å². The number of furan rings is 1. The van der Waals surface area contributed by atoms with Gasteiger partial charge in [-0.2, -0.15) is 0 Å². The van der Waals surface area contributed by atoms with E-state index in [1.54, 1.807) is 24.6 Å². The van der Waals surface area contributed by atoms with Crippen LogP contribution in [0, 0.1) is 5.92 Å². The van der Waals surface area contributed by atoms with Gasteiger partial charge in [0.05, 0.1) is 12.8 Å². The smallest absolute Gasteiger partial charge is 0.251 e. The van der Waals surface area contributed by atoms with Gasteiger partial charge in [0.1, 0.15) is 11.6 Å². The van der Waals surface area contributed by atoms with Crippen molar-refractivity contribution in [2.45, 2.75) is 26.8 Å². The van der Waals surface area contributed by atoms with Crippen molar-refractivity contribution in [2.75, 3.05) is 11.9 Å². The van der Waals surface area contributed by atoms with Crippen LogP contribution in [-0.2, 0) is 6.54 Å². The summed E-state index contributed by atoms with van der Waals surface area (Å²) in [5.41, 5.74) is 0.607. The number of nitrogens with zero attached hydrogens (tertiary/aromatic N) is 1. The Morgan fingerprint density at radius 1 is 1.38 bits per heavy atom. The largest absolute Gasteiger partial charge is 0.467 e. The second-order valence-corrected chi connectivity index (χ2v) is 5.30. The zero-order valence-electron chi connectivity index (χ0n) is 12.4. The Hall–Kier alpha value is -2.30. The highest BCUT2D eigenvalue weighted by Crippen LogP contribution is 2.09. The second-order valence-electron chi connectivity index (χ2n) is 5.30. The van der Waals surface area contributed by atoms with E-state index in [0.717, 1.165) is 12.2 Å². The van der Waals surface area contributed by atoms with Crippen LogP contribution in [0.1, 0.15) is 36.4 Å². The van der Waals surface area contributed by atoms with Crippen LogP contribution in [0.25, 0.3) is 0 Å². The summed E-state index contributed by atoms with van der Waals surface area (Å²) in [5, 5.41) is 6.05. The summed E-state index contributed by atoms with van der Waals surface area (Å²) in [6, 6.07) is 7.18. The molecule has 5 heteroatoms. The third-order valence-corrected chi connectivity index (χ3v) is 3.05. The van der Waals surface area contributed by atoms with E-state index in [9.17, 15) is 4.79 Å². The van der Waals surface area contributed by atoms with Crippen LogP contribution in [0.15, 0.2) is 41.1 Å². The molecule has 0 aromatic carbocycles. The van der Waals surface area contributed by atoms with E-state index in [0.29, 0.717) is 30.4 Å². The number of hydrogen-bond acceptors (Lipinski definition) is 4. The monoisotopic (exact) mass is 287 g/mol. The summed E-state index contributed by atoms with van der Waals surface area (Å²) in [6.45, 7) is 5.50. The summed E-state index contributed by atoms with van der Waals surface area (Å²) in [6.07, 6.45) is 4.23. The lowest BCUT2D eigenvalue weighted by Gasteiger charge is -2.08. The number of anilines is 1. The summed E-state index contributed by atoms with van der Waals surface area (Å²) < 4.78 is 5.24. The quantitative estimate of drug-likeness (QED) is 0.821. The molecule has 2 rings (SSSR count). The van der Waals surface area contributed by atoms with Gasteiger partial charge >= 0.3 is 0 Å². The fourth-order valence-corrected chi connectivity index (χ4v) is 1.84. The van der Waals surface area contributed by atoms with Crippen LogP contribution in [0.4, 0.5) is 5.82 Å². The van der Waals surface area contributed by atoms with Gasteiger partial charge in [0.2, 0.25) is 0 Å². The summed E-state index contributed by atoms with van der Waals surface area (Å²) in [7, 11) is 0. The Balaban J connectivity index is 1.89. The van der Waals surface area contributed by atoms with Crippen LogP contribution >= 0.6 is 0 Å². The first-order valence-corrected chi connectivity index (χ1v) is 7.15. The maximum Gasteiger partial charge on any atom is 0.251 e. The minimum Gasteiger partial charge on any atom is -0.467 e. The van der Waals surface area contributed by atoms with Gasteiger partial charge in [-0.3, -0.25) is 4.79 Å². The molecule has 0 saturated carbocycles. The number of hydrogen-bond donors (Lipinski definition) is 2. The highest BCUT2D eigenvalue weighted by Gasteiger charge is 2.07. The number of carbonyl (C=O) groups excluding carboxylic acids is 1. The Bertz CT molecular complexity index is 565. The molecule has 0 saturated heterocycles. The standard InChI is InChI=1S/C16H21N3O2/c1-12(2)5-7-18-16(20)13-6-8-17-15(10-13)19-11-14-4-3-9-21-14/h3-4,6,8-10,12H,5,7,11H2,1-2H3,(H,17,19)(H,18,20). The van der Waals surface area contributed by atoms with E-state index >= 15 is 0 Å². The molecule has 0 atom stereocenters. The molecule has 0 unspecified atom stereocenters. The fourth-order valence-electron chi connectivity index (χ4n) is 1.84. The number of rotatable bonds is 7. The summed E-state index contributed by atoms with van der Waals surface area (Å²) >= 11 is 0. The molecule has 0 aliphatic carbocycles. The predicted octanol–water partition coefficient (Wildman–Crippen LogP) is 3.06. The number of carbonyl (C=O) groups is 1. The van der Waals surface area contributed by atoms with Crippen LogP contribution in [0.5, 0.6) is 0 Å². The van der Waals surface area contributed by atoms with Crippen molar-refractivity contribution in [3.05, 3.63) is 48.0 Å². The Morgan fingerprint density at radius 3 is 2.95 bits per heavy atom. The number of nitrogens with one attached hydrogen (secondary N) is 2. The van der Waals surface area contributed by atoms with Crippen molar-refractivity contribution in [3.8, 4) is 0 Å². The minimum atomic E-state index is -0.0703. The average molecular weight is 287 g/mol. The van der Waals surface area contributed by atoms with E-state index in [-0.39, 0.29) is 5.91 Å². The van der Waals surface area contributed by atoms with E-state index in [4.69, 9.17) is 4.42 Å². The van der Waals surface area contributed by atoms with Crippen molar-refractivity contribution in [1.29, 1.82) is 0 Å². The molecule has 2 aromatic heterocycles. The normalized spacial score (nSPS) is 10.6. The van der Waals surface area contributed by atoms with Crippen molar-refractivity contribution >= 4 is 11.7 Å². The third kappa shape index (κ3) is 4.95. The Morgan fingerprint density at radius 2 is 2.24 bits per heavy atom.